The normalized spacial score (nSPS) is 17.8. The molecule has 1 saturated heterocycles. The maximum Gasteiger partial charge on any atom is 0.242 e. The number of halogens is 1. The number of amides is 2. The van der Waals surface area contributed by atoms with Gasteiger partial charge in [0.05, 0.1) is 16.8 Å². The Bertz CT molecular complexity index is 518. The molecule has 0 saturated carbocycles. The third-order valence-electron chi connectivity index (χ3n) is 2.86. The molecular formula is C13H16ClN3O2S. The van der Waals surface area contributed by atoms with E-state index in [-0.39, 0.29) is 17.9 Å². The summed E-state index contributed by atoms with van der Waals surface area (Å²) in [6.07, 6.45) is 0.396. The highest BCUT2D eigenvalue weighted by Crippen LogP contribution is 2.26. The monoisotopic (exact) mass is 313 g/mol. The SMILES string of the molecule is CCC(=O)Nc1ccc(Cl)c(NC(=O)C2CSCN2)c1. The van der Waals surface area contributed by atoms with Crippen molar-refractivity contribution in [1.29, 1.82) is 0 Å². The molecule has 1 aromatic carbocycles. The van der Waals surface area contributed by atoms with Gasteiger partial charge in [0, 0.05) is 23.7 Å². The Morgan fingerprint density at radius 3 is 2.90 bits per heavy atom. The van der Waals surface area contributed by atoms with Crippen molar-refractivity contribution in [2.24, 2.45) is 0 Å². The fourth-order valence-corrected chi connectivity index (χ4v) is 2.84. The van der Waals surface area contributed by atoms with Gasteiger partial charge in [0.25, 0.3) is 0 Å². The summed E-state index contributed by atoms with van der Waals surface area (Å²) in [6, 6.07) is 4.81. The van der Waals surface area contributed by atoms with Crippen LogP contribution in [0, 0.1) is 0 Å². The lowest BCUT2D eigenvalue weighted by atomic mass is 10.2. The van der Waals surface area contributed by atoms with Gasteiger partial charge in [-0.3, -0.25) is 14.9 Å². The van der Waals surface area contributed by atoms with Crippen molar-refractivity contribution in [3.63, 3.8) is 0 Å². The first-order valence-electron chi connectivity index (χ1n) is 6.31. The van der Waals surface area contributed by atoms with Gasteiger partial charge in [0.1, 0.15) is 0 Å². The Labute approximate surface area is 126 Å². The van der Waals surface area contributed by atoms with Crippen molar-refractivity contribution >= 4 is 46.6 Å². The molecule has 2 amide bonds. The molecule has 7 heteroatoms. The minimum atomic E-state index is -0.204. The fraction of sp³-hybridized carbons (Fsp3) is 0.385. The average Bonchev–Trinajstić information content (AvgIpc) is 2.96. The summed E-state index contributed by atoms with van der Waals surface area (Å²) in [5.41, 5.74) is 1.12. The quantitative estimate of drug-likeness (QED) is 0.797. The number of carbonyl (C=O) groups excluding carboxylic acids is 2. The van der Waals surface area contributed by atoms with Crippen LogP contribution in [0.4, 0.5) is 11.4 Å². The maximum absolute atomic E-state index is 12.0. The minimum absolute atomic E-state index is 0.0848. The van der Waals surface area contributed by atoms with E-state index in [1.54, 1.807) is 36.9 Å². The molecule has 1 atom stereocenters. The standard InChI is InChI=1S/C13H16ClN3O2S/c1-2-12(18)16-8-3-4-9(14)10(5-8)17-13(19)11-6-20-7-15-11/h3-5,11,15H,2,6-7H2,1H3,(H,16,18)(H,17,19). The Balaban J connectivity index is 2.07. The molecule has 108 valence electrons. The lowest BCUT2D eigenvalue weighted by Crippen LogP contribution is -2.37. The summed E-state index contributed by atoms with van der Waals surface area (Å²) in [6.45, 7) is 1.78. The topological polar surface area (TPSA) is 70.2 Å². The van der Waals surface area contributed by atoms with Crippen LogP contribution in [-0.4, -0.2) is 29.5 Å². The van der Waals surface area contributed by atoms with E-state index < -0.39 is 0 Å². The molecule has 1 aliphatic heterocycles. The summed E-state index contributed by atoms with van der Waals surface area (Å²) in [5, 5.41) is 9.05. The second-order valence-corrected chi connectivity index (χ2v) is 5.79. The number of benzene rings is 1. The molecule has 0 spiro atoms. The summed E-state index contributed by atoms with van der Waals surface area (Å²) in [4.78, 5) is 23.4. The van der Waals surface area contributed by atoms with E-state index in [0.717, 1.165) is 11.6 Å². The van der Waals surface area contributed by atoms with Gasteiger partial charge in [0.2, 0.25) is 11.8 Å². The second-order valence-electron chi connectivity index (χ2n) is 4.36. The molecular weight excluding hydrogens is 298 g/mol. The molecule has 1 aliphatic rings. The molecule has 1 heterocycles. The van der Waals surface area contributed by atoms with E-state index in [4.69, 9.17) is 11.6 Å². The maximum atomic E-state index is 12.0. The number of hydrogen-bond donors (Lipinski definition) is 3. The van der Waals surface area contributed by atoms with E-state index in [9.17, 15) is 9.59 Å². The van der Waals surface area contributed by atoms with Gasteiger partial charge in [-0.25, -0.2) is 0 Å². The first-order chi connectivity index (χ1) is 9.60. The predicted octanol–water partition coefficient (Wildman–Crippen LogP) is 2.29. The van der Waals surface area contributed by atoms with Crippen molar-refractivity contribution in [1.82, 2.24) is 5.32 Å². The lowest BCUT2D eigenvalue weighted by molar-refractivity contribution is -0.117. The number of rotatable bonds is 4. The van der Waals surface area contributed by atoms with Crippen molar-refractivity contribution in [3.05, 3.63) is 23.2 Å². The third-order valence-corrected chi connectivity index (χ3v) is 4.13. The van der Waals surface area contributed by atoms with Crippen LogP contribution in [-0.2, 0) is 9.59 Å². The van der Waals surface area contributed by atoms with Crippen LogP contribution >= 0.6 is 23.4 Å². The van der Waals surface area contributed by atoms with E-state index in [1.165, 1.54) is 0 Å². The molecule has 0 bridgehead atoms. The summed E-state index contributed by atoms with van der Waals surface area (Å²) < 4.78 is 0. The molecule has 2 rings (SSSR count). The number of carbonyl (C=O) groups is 2. The van der Waals surface area contributed by atoms with Crippen LogP contribution in [0.3, 0.4) is 0 Å². The van der Waals surface area contributed by atoms with Crippen molar-refractivity contribution in [2.45, 2.75) is 19.4 Å². The highest BCUT2D eigenvalue weighted by Gasteiger charge is 2.23. The van der Waals surface area contributed by atoms with E-state index in [1.807, 2.05) is 0 Å². The van der Waals surface area contributed by atoms with E-state index >= 15 is 0 Å². The zero-order valence-electron chi connectivity index (χ0n) is 11.0. The Morgan fingerprint density at radius 2 is 2.25 bits per heavy atom. The van der Waals surface area contributed by atoms with Crippen LogP contribution < -0.4 is 16.0 Å². The Hall–Kier alpha value is -1.24. The van der Waals surface area contributed by atoms with Crippen LogP contribution in [0.5, 0.6) is 0 Å². The van der Waals surface area contributed by atoms with Crippen LogP contribution in [0.15, 0.2) is 18.2 Å². The van der Waals surface area contributed by atoms with Gasteiger partial charge in [-0.15, -0.1) is 11.8 Å². The minimum Gasteiger partial charge on any atom is -0.326 e. The second kappa shape index (κ2) is 6.97. The van der Waals surface area contributed by atoms with E-state index in [0.29, 0.717) is 22.8 Å². The highest BCUT2D eigenvalue weighted by atomic mass is 35.5. The molecule has 0 radical (unpaired) electrons. The molecule has 0 aromatic heterocycles. The summed E-state index contributed by atoms with van der Waals surface area (Å²) >= 11 is 7.74. The highest BCUT2D eigenvalue weighted by molar-refractivity contribution is 7.99. The van der Waals surface area contributed by atoms with E-state index in [2.05, 4.69) is 16.0 Å². The van der Waals surface area contributed by atoms with Crippen LogP contribution in [0.25, 0.3) is 0 Å². The largest absolute Gasteiger partial charge is 0.326 e. The molecule has 1 fully saturated rings. The molecule has 20 heavy (non-hydrogen) atoms. The first-order valence-corrected chi connectivity index (χ1v) is 7.85. The molecule has 3 N–H and O–H groups in total. The molecule has 1 aromatic rings. The zero-order valence-corrected chi connectivity index (χ0v) is 12.6. The van der Waals surface area contributed by atoms with Crippen molar-refractivity contribution in [3.8, 4) is 0 Å². The average molecular weight is 314 g/mol. The van der Waals surface area contributed by atoms with Crippen LogP contribution in [0.1, 0.15) is 13.3 Å². The molecule has 1 unspecified atom stereocenters. The van der Waals surface area contributed by atoms with Crippen molar-refractivity contribution in [2.75, 3.05) is 22.3 Å². The molecule has 5 nitrogen and oxygen atoms in total. The van der Waals surface area contributed by atoms with Crippen LogP contribution in [0.2, 0.25) is 5.02 Å². The van der Waals surface area contributed by atoms with Gasteiger partial charge >= 0.3 is 0 Å². The van der Waals surface area contributed by atoms with Gasteiger partial charge in [0.15, 0.2) is 0 Å². The van der Waals surface area contributed by atoms with Gasteiger partial charge in [-0.05, 0) is 18.2 Å². The van der Waals surface area contributed by atoms with Gasteiger partial charge in [-0.1, -0.05) is 18.5 Å². The Morgan fingerprint density at radius 1 is 1.45 bits per heavy atom. The third kappa shape index (κ3) is 3.88. The summed E-state index contributed by atoms with van der Waals surface area (Å²) in [7, 11) is 0. The lowest BCUT2D eigenvalue weighted by Gasteiger charge is -2.13. The number of thioether (sulfide) groups is 1. The molecule has 0 aliphatic carbocycles. The smallest absolute Gasteiger partial charge is 0.242 e. The summed E-state index contributed by atoms with van der Waals surface area (Å²) in [5.74, 6) is 1.32. The predicted molar refractivity (Wildman–Crippen MR) is 83.3 cm³/mol. The fourth-order valence-electron chi connectivity index (χ4n) is 1.73. The number of hydrogen-bond acceptors (Lipinski definition) is 4. The van der Waals surface area contributed by atoms with Gasteiger partial charge in [-0.2, -0.15) is 0 Å². The zero-order chi connectivity index (χ0) is 14.5. The first kappa shape index (κ1) is 15.2. The number of anilines is 2. The van der Waals surface area contributed by atoms with Gasteiger partial charge < -0.3 is 10.6 Å². The Kier molecular flexibility index (Phi) is 5.28. The van der Waals surface area contributed by atoms with Crippen molar-refractivity contribution < 1.29 is 9.59 Å². The number of nitrogens with one attached hydrogen (secondary N) is 3.